The molecule has 0 aliphatic heterocycles. The van der Waals surface area contributed by atoms with Gasteiger partial charge >= 0.3 is 0 Å². The van der Waals surface area contributed by atoms with E-state index in [4.69, 9.17) is 0 Å². The molecule has 0 radical (unpaired) electrons. The Morgan fingerprint density at radius 1 is 1.32 bits per heavy atom. The minimum Gasteiger partial charge on any atom is -0.373 e. The van der Waals surface area contributed by atoms with Crippen molar-refractivity contribution < 1.29 is 0 Å². The molecule has 2 unspecified atom stereocenters. The average molecular weight is 262 g/mol. The van der Waals surface area contributed by atoms with Crippen molar-refractivity contribution in [3.8, 4) is 0 Å². The molecule has 0 aromatic carbocycles. The molecule has 1 heterocycles. The van der Waals surface area contributed by atoms with E-state index in [2.05, 4.69) is 34.2 Å². The summed E-state index contributed by atoms with van der Waals surface area (Å²) in [6, 6.07) is 2.66. The normalized spacial score (nSPS) is 23.6. The van der Waals surface area contributed by atoms with Gasteiger partial charge in [-0.1, -0.05) is 19.8 Å². The molecule has 2 rings (SSSR count). The van der Waals surface area contributed by atoms with E-state index >= 15 is 0 Å². The number of aryl methyl sites for hydroxylation is 1. The van der Waals surface area contributed by atoms with Crippen LogP contribution in [0.4, 0.5) is 5.82 Å². The van der Waals surface area contributed by atoms with E-state index in [1.54, 1.807) is 0 Å². The van der Waals surface area contributed by atoms with E-state index in [0.29, 0.717) is 6.04 Å². The lowest BCUT2D eigenvalue weighted by Crippen LogP contribution is -2.38. The van der Waals surface area contributed by atoms with Gasteiger partial charge in [-0.25, -0.2) is 9.97 Å². The van der Waals surface area contributed by atoms with Crippen molar-refractivity contribution in [1.82, 2.24) is 14.9 Å². The molecule has 0 saturated heterocycles. The number of rotatable bonds is 4. The van der Waals surface area contributed by atoms with Crippen molar-refractivity contribution in [3.05, 3.63) is 17.6 Å². The molecule has 1 aliphatic carbocycles. The largest absolute Gasteiger partial charge is 0.373 e. The molecule has 1 N–H and O–H groups in total. The first-order valence-corrected chi connectivity index (χ1v) is 7.32. The molecular weight excluding hydrogens is 236 g/mol. The Morgan fingerprint density at radius 3 is 2.74 bits per heavy atom. The lowest BCUT2D eigenvalue weighted by atomic mass is 9.85. The molecule has 1 aromatic rings. The Morgan fingerprint density at radius 2 is 2.05 bits per heavy atom. The van der Waals surface area contributed by atoms with Gasteiger partial charge in [-0.05, 0) is 32.7 Å². The van der Waals surface area contributed by atoms with Gasteiger partial charge in [0.2, 0.25) is 0 Å². The van der Waals surface area contributed by atoms with E-state index in [9.17, 15) is 0 Å². The van der Waals surface area contributed by atoms with Crippen molar-refractivity contribution in [2.75, 3.05) is 19.4 Å². The van der Waals surface area contributed by atoms with Crippen LogP contribution in [-0.2, 0) is 6.54 Å². The topological polar surface area (TPSA) is 41.1 Å². The highest BCUT2D eigenvalue weighted by atomic mass is 15.2. The van der Waals surface area contributed by atoms with E-state index in [0.717, 1.165) is 29.8 Å². The summed E-state index contributed by atoms with van der Waals surface area (Å²) in [5.74, 6) is 2.62. The Labute approximate surface area is 116 Å². The molecule has 0 spiro atoms. The number of hydrogen-bond acceptors (Lipinski definition) is 4. The lowest BCUT2D eigenvalue weighted by Gasteiger charge is -2.35. The molecule has 2 atom stereocenters. The number of hydrogen-bond donors (Lipinski definition) is 1. The molecule has 0 bridgehead atoms. The fourth-order valence-corrected chi connectivity index (χ4v) is 3.12. The zero-order chi connectivity index (χ0) is 13.8. The predicted molar refractivity (Wildman–Crippen MR) is 79.2 cm³/mol. The van der Waals surface area contributed by atoms with Crippen molar-refractivity contribution in [2.24, 2.45) is 5.92 Å². The fourth-order valence-electron chi connectivity index (χ4n) is 3.12. The van der Waals surface area contributed by atoms with Crippen molar-refractivity contribution in [3.63, 3.8) is 0 Å². The van der Waals surface area contributed by atoms with Crippen LogP contribution in [0, 0.1) is 12.8 Å². The molecular formula is C15H26N4. The standard InChI is InChI=1S/C15H26N4/c1-11-7-5-6-8-13(11)19(4)10-15-17-12(2)9-14(16-3)18-15/h9,11,13H,5-8,10H2,1-4H3,(H,16,17,18). The van der Waals surface area contributed by atoms with Crippen LogP contribution < -0.4 is 5.32 Å². The van der Waals surface area contributed by atoms with Gasteiger partial charge in [-0.3, -0.25) is 4.90 Å². The second kappa shape index (κ2) is 6.33. The third kappa shape index (κ3) is 3.66. The molecule has 19 heavy (non-hydrogen) atoms. The third-order valence-electron chi connectivity index (χ3n) is 4.18. The van der Waals surface area contributed by atoms with Gasteiger partial charge in [0, 0.05) is 24.8 Å². The van der Waals surface area contributed by atoms with Crippen LogP contribution in [0.3, 0.4) is 0 Å². The number of nitrogens with one attached hydrogen (secondary N) is 1. The van der Waals surface area contributed by atoms with Gasteiger partial charge in [0.05, 0.1) is 6.54 Å². The van der Waals surface area contributed by atoms with Crippen LogP contribution in [0.5, 0.6) is 0 Å². The molecule has 4 heteroatoms. The highest BCUT2D eigenvalue weighted by molar-refractivity contribution is 5.34. The predicted octanol–water partition coefficient (Wildman–Crippen LogP) is 2.84. The Balaban J connectivity index is 2.05. The van der Waals surface area contributed by atoms with E-state index in [1.807, 2.05) is 20.0 Å². The Kier molecular flexibility index (Phi) is 4.75. The van der Waals surface area contributed by atoms with Crippen LogP contribution in [0.1, 0.15) is 44.1 Å². The zero-order valence-electron chi connectivity index (χ0n) is 12.6. The van der Waals surface area contributed by atoms with Crippen LogP contribution in [0.2, 0.25) is 0 Å². The molecule has 4 nitrogen and oxygen atoms in total. The molecule has 0 amide bonds. The first-order valence-electron chi connectivity index (χ1n) is 7.32. The van der Waals surface area contributed by atoms with Crippen LogP contribution in [-0.4, -0.2) is 35.0 Å². The zero-order valence-corrected chi connectivity index (χ0v) is 12.6. The first kappa shape index (κ1) is 14.3. The smallest absolute Gasteiger partial charge is 0.144 e. The van der Waals surface area contributed by atoms with Crippen LogP contribution in [0.15, 0.2) is 6.07 Å². The highest BCUT2D eigenvalue weighted by Crippen LogP contribution is 2.27. The second-order valence-corrected chi connectivity index (χ2v) is 5.80. The van der Waals surface area contributed by atoms with Gasteiger partial charge in [0.15, 0.2) is 0 Å². The molecule has 1 aliphatic rings. The SMILES string of the molecule is CNc1cc(C)nc(CN(C)C2CCCCC2C)n1. The number of nitrogens with zero attached hydrogens (tertiary/aromatic N) is 3. The maximum absolute atomic E-state index is 4.55. The summed E-state index contributed by atoms with van der Waals surface area (Å²) in [6.45, 7) is 5.23. The molecule has 1 saturated carbocycles. The highest BCUT2D eigenvalue weighted by Gasteiger charge is 2.25. The quantitative estimate of drug-likeness (QED) is 0.906. The first-order chi connectivity index (χ1) is 9.10. The van der Waals surface area contributed by atoms with E-state index in [1.165, 1.54) is 25.7 Å². The van der Waals surface area contributed by atoms with Gasteiger partial charge in [0.1, 0.15) is 11.6 Å². The third-order valence-corrected chi connectivity index (χ3v) is 4.18. The average Bonchev–Trinajstić information content (AvgIpc) is 2.38. The van der Waals surface area contributed by atoms with Gasteiger partial charge in [-0.15, -0.1) is 0 Å². The molecule has 1 aromatic heterocycles. The van der Waals surface area contributed by atoms with Gasteiger partial charge in [0.25, 0.3) is 0 Å². The van der Waals surface area contributed by atoms with Gasteiger partial charge in [-0.2, -0.15) is 0 Å². The van der Waals surface area contributed by atoms with E-state index in [-0.39, 0.29) is 0 Å². The molecule has 1 fully saturated rings. The maximum Gasteiger partial charge on any atom is 0.144 e. The van der Waals surface area contributed by atoms with Crippen molar-refractivity contribution >= 4 is 5.82 Å². The van der Waals surface area contributed by atoms with Crippen molar-refractivity contribution in [1.29, 1.82) is 0 Å². The summed E-state index contributed by atoms with van der Waals surface area (Å²) >= 11 is 0. The Bertz CT molecular complexity index is 419. The van der Waals surface area contributed by atoms with Crippen LogP contribution >= 0.6 is 0 Å². The number of anilines is 1. The van der Waals surface area contributed by atoms with Gasteiger partial charge < -0.3 is 5.32 Å². The Hall–Kier alpha value is -1.16. The second-order valence-electron chi connectivity index (χ2n) is 5.80. The van der Waals surface area contributed by atoms with Crippen LogP contribution in [0.25, 0.3) is 0 Å². The fraction of sp³-hybridized carbons (Fsp3) is 0.733. The summed E-state index contributed by atoms with van der Waals surface area (Å²) in [4.78, 5) is 11.5. The summed E-state index contributed by atoms with van der Waals surface area (Å²) in [5, 5.41) is 3.10. The summed E-state index contributed by atoms with van der Waals surface area (Å²) < 4.78 is 0. The summed E-state index contributed by atoms with van der Waals surface area (Å²) in [5.41, 5.74) is 1.03. The monoisotopic (exact) mass is 262 g/mol. The maximum atomic E-state index is 4.55. The number of aromatic nitrogens is 2. The minimum atomic E-state index is 0.677. The lowest BCUT2D eigenvalue weighted by molar-refractivity contribution is 0.130. The van der Waals surface area contributed by atoms with Crippen molar-refractivity contribution in [2.45, 2.75) is 52.1 Å². The summed E-state index contributed by atoms with van der Waals surface area (Å²) in [7, 11) is 4.11. The molecule has 106 valence electrons. The van der Waals surface area contributed by atoms with E-state index < -0.39 is 0 Å². The minimum absolute atomic E-state index is 0.677. The summed E-state index contributed by atoms with van der Waals surface area (Å²) in [6.07, 6.45) is 5.40.